The van der Waals surface area contributed by atoms with Crippen molar-refractivity contribution < 1.29 is 14.3 Å². The number of ether oxygens (including phenoxy) is 2. The van der Waals surface area contributed by atoms with E-state index in [0.29, 0.717) is 6.42 Å². The summed E-state index contributed by atoms with van der Waals surface area (Å²) in [7, 11) is 0. The van der Waals surface area contributed by atoms with Gasteiger partial charge in [0.2, 0.25) is 0 Å². The van der Waals surface area contributed by atoms with E-state index in [1.807, 2.05) is 24.3 Å². The molecule has 1 atom stereocenters. The maximum atomic E-state index is 11.7. The van der Waals surface area contributed by atoms with Crippen molar-refractivity contribution in [2.24, 2.45) is 0 Å². The molecule has 1 unspecified atom stereocenters. The highest BCUT2D eigenvalue weighted by molar-refractivity contribution is 5.99. The van der Waals surface area contributed by atoms with Crippen LogP contribution >= 0.6 is 0 Å². The monoisotopic (exact) mass is 277 g/mol. The molecular weight excluding hydrogens is 254 g/mol. The van der Waals surface area contributed by atoms with Gasteiger partial charge in [-0.25, -0.2) is 0 Å². The molecular formula is C16H23NO3. The van der Waals surface area contributed by atoms with Gasteiger partial charge in [0.15, 0.2) is 5.78 Å². The first-order valence-corrected chi connectivity index (χ1v) is 7.38. The summed E-state index contributed by atoms with van der Waals surface area (Å²) < 4.78 is 10.7. The van der Waals surface area contributed by atoms with Crippen LogP contribution in [0.15, 0.2) is 24.3 Å². The average Bonchev–Trinajstić information content (AvgIpc) is 2.50. The predicted octanol–water partition coefficient (Wildman–Crippen LogP) is 2.43. The first-order chi connectivity index (χ1) is 9.81. The molecule has 1 N–H and O–H groups in total. The van der Waals surface area contributed by atoms with Gasteiger partial charge in [0, 0.05) is 19.5 Å². The Kier molecular flexibility index (Phi) is 6.02. The van der Waals surface area contributed by atoms with Gasteiger partial charge >= 0.3 is 0 Å². The highest BCUT2D eigenvalue weighted by atomic mass is 16.5. The van der Waals surface area contributed by atoms with Crippen molar-refractivity contribution in [3.05, 3.63) is 29.8 Å². The molecule has 1 aromatic carbocycles. The molecule has 110 valence electrons. The van der Waals surface area contributed by atoms with Crippen LogP contribution in [0.1, 0.15) is 36.5 Å². The number of nitrogens with one attached hydrogen (secondary N) is 1. The van der Waals surface area contributed by atoms with Gasteiger partial charge < -0.3 is 14.8 Å². The van der Waals surface area contributed by atoms with Crippen molar-refractivity contribution in [1.29, 1.82) is 0 Å². The average molecular weight is 277 g/mol. The zero-order valence-corrected chi connectivity index (χ0v) is 12.1. The second-order valence-electron chi connectivity index (χ2n) is 5.01. The standard InChI is InChI=1S/C12H14O2.C4H9NO/c1-2-5-9-8-11(13)10-6-3-4-7-12(10)14-9;1-3-6-4-2-5-1/h3-4,6-7,9H,2,5,8H2,1H3;5H,1-4H2. The van der Waals surface area contributed by atoms with Crippen molar-refractivity contribution in [2.45, 2.75) is 32.3 Å². The molecule has 0 aromatic heterocycles. The molecule has 4 heteroatoms. The molecule has 2 heterocycles. The van der Waals surface area contributed by atoms with Crippen LogP contribution in [0.4, 0.5) is 0 Å². The van der Waals surface area contributed by atoms with Gasteiger partial charge in [0.25, 0.3) is 0 Å². The number of ketones is 1. The van der Waals surface area contributed by atoms with E-state index in [9.17, 15) is 4.79 Å². The number of rotatable bonds is 2. The van der Waals surface area contributed by atoms with Gasteiger partial charge in [-0.05, 0) is 18.6 Å². The van der Waals surface area contributed by atoms with Crippen LogP contribution in [0, 0.1) is 0 Å². The maximum absolute atomic E-state index is 11.7. The van der Waals surface area contributed by atoms with E-state index in [1.54, 1.807) is 0 Å². The van der Waals surface area contributed by atoms with Gasteiger partial charge in [0.05, 0.1) is 18.8 Å². The third kappa shape index (κ3) is 4.32. The van der Waals surface area contributed by atoms with E-state index >= 15 is 0 Å². The Morgan fingerprint density at radius 2 is 2.00 bits per heavy atom. The van der Waals surface area contributed by atoms with E-state index < -0.39 is 0 Å². The minimum Gasteiger partial charge on any atom is -0.489 e. The number of benzene rings is 1. The maximum Gasteiger partial charge on any atom is 0.170 e. The molecule has 2 aliphatic rings. The lowest BCUT2D eigenvalue weighted by Crippen LogP contribution is -2.30. The fourth-order valence-electron chi connectivity index (χ4n) is 2.34. The van der Waals surface area contributed by atoms with Crippen molar-refractivity contribution in [3.8, 4) is 5.75 Å². The fourth-order valence-corrected chi connectivity index (χ4v) is 2.34. The summed E-state index contributed by atoms with van der Waals surface area (Å²) in [4.78, 5) is 11.7. The summed E-state index contributed by atoms with van der Waals surface area (Å²) in [5, 5.41) is 3.16. The zero-order valence-electron chi connectivity index (χ0n) is 12.1. The van der Waals surface area contributed by atoms with Crippen molar-refractivity contribution in [1.82, 2.24) is 5.32 Å². The predicted molar refractivity (Wildman–Crippen MR) is 78.4 cm³/mol. The third-order valence-electron chi connectivity index (χ3n) is 3.35. The van der Waals surface area contributed by atoms with Gasteiger partial charge in [-0.2, -0.15) is 0 Å². The number of hydrogen-bond acceptors (Lipinski definition) is 4. The van der Waals surface area contributed by atoms with Crippen LogP contribution in [0.25, 0.3) is 0 Å². The van der Waals surface area contributed by atoms with Gasteiger partial charge in [-0.15, -0.1) is 0 Å². The first-order valence-electron chi connectivity index (χ1n) is 7.38. The smallest absolute Gasteiger partial charge is 0.170 e. The first kappa shape index (κ1) is 15.0. The minimum atomic E-state index is 0.0856. The number of morpholine rings is 1. The summed E-state index contributed by atoms with van der Waals surface area (Å²) in [6, 6.07) is 7.48. The van der Waals surface area contributed by atoms with Crippen LogP contribution in [0.2, 0.25) is 0 Å². The lowest BCUT2D eigenvalue weighted by atomic mass is 9.98. The second-order valence-corrected chi connectivity index (χ2v) is 5.01. The highest BCUT2D eigenvalue weighted by Crippen LogP contribution is 2.28. The van der Waals surface area contributed by atoms with E-state index in [0.717, 1.165) is 50.5 Å². The Bertz CT molecular complexity index is 418. The number of hydrogen-bond donors (Lipinski definition) is 1. The fraction of sp³-hybridized carbons (Fsp3) is 0.562. The van der Waals surface area contributed by atoms with Gasteiger partial charge in [0.1, 0.15) is 11.9 Å². The molecule has 0 amide bonds. The van der Waals surface area contributed by atoms with Gasteiger partial charge in [-0.1, -0.05) is 25.5 Å². The molecule has 1 aromatic rings. The van der Waals surface area contributed by atoms with Crippen LogP contribution in [0.3, 0.4) is 0 Å². The largest absolute Gasteiger partial charge is 0.489 e. The number of Topliss-reactive ketones (excluding diaryl/α,β-unsaturated/α-hetero) is 1. The minimum absolute atomic E-state index is 0.0856. The van der Waals surface area contributed by atoms with Crippen LogP contribution in [-0.4, -0.2) is 38.2 Å². The van der Waals surface area contributed by atoms with E-state index in [1.165, 1.54) is 0 Å². The molecule has 2 aliphatic heterocycles. The van der Waals surface area contributed by atoms with Crippen molar-refractivity contribution >= 4 is 5.78 Å². The Morgan fingerprint density at radius 1 is 1.25 bits per heavy atom. The summed E-state index contributed by atoms with van der Waals surface area (Å²) in [6.07, 6.45) is 2.63. The number of para-hydroxylation sites is 1. The van der Waals surface area contributed by atoms with Crippen molar-refractivity contribution in [3.63, 3.8) is 0 Å². The molecule has 0 saturated carbocycles. The summed E-state index contributed by atoms with van der Waals surface area (Å²) in [5.74, 6) is 0.965. The van der Waals surface area contributed by atoms with Crippen LogP contribution < -0.4 is 10.1 Å². The molecule has 0 bridgehead atoms. The molecule has 0 radical (unpaired) electrons. The van der Waals surface area contributed by atoms with Gasteiger partial charge in [-0.3, -0.25) is 4.79 Å². The Morgan fingerprint density at radius 3 is 2.60 bits per heavy atom. The summed E-state index contributed by atoms with van der Waals surface area (Å²) in [6.45, 7) is 5.94. The normalized spacial score (nSPS) is 21.2. The molecule has 1 saturated heterocycles. The lowest BCUT2D eigenvalue weighted by molar-refractivity contribution is 0.0838. The SMILES string of the molecule is C1COCCN1.CCCC1CC(=O)c2ccccc2O1. The van der Waals surface area contributed by atoms with E-state index in [2.05, 4.69) is 12.2 Å². The molecule has 1 fully saturated rings. The summed E-state index contributed by atoms with van der Waals surface area (Å²) >= 11 is 0. The number of carbonyl (C=O) groups is 1. The summed E-state index contributed by atoms with van der Waals surface area (Å²) in [5.41, 5.74) is 0.736. The highest BCUT2D eigenvalue weighted by Gasteiger charge is 2.24. The quantitative estimate of drug-likeness (QED) is 0.902. The Balaban J connectivity index is 0.000000205. The molecule has 3 rings (SSSR count). The lowest BCUT2D eigenvalue weighted by Gasteiger charge is -2.24. The second kappa shape index (κ2) is 8.02. The van der Waals surface area contributed by atoms with Crippen LogP contribution in [0.5, 0.6) is 5.75 Å². The topological polar surface area (TPSA) is 47.6 Å². The van der Waals surface area contributed by atoms with Crippen molar-refractivity contribution in [2.75, 3.05) is 26.3 Å². The zero-order chi connectivity index (χ0) is 14.2. The Labute approximate surface area is 120 Å². The molecule has 0 spiro atoms. The van der Waals surface area contributed by atoms with E-state index in [4.69, 9.17) is 9.47 Å². The number of fused-ring (bicyclic) bond motifs is 1. The Hall–Kier alpha value is -1.39. The number of carbonyl (C=O) groups excluding carboxylic acids is 1. The molecule has 20 heavy (non-hydrogen) atoms. The molecule has 4 nitrogen and oxygen atoms in total. The van der Waals surface area contributed by atoms with Crippen LogP contribution in [-0.2, 0) is 4.74 Å². The molecule has 0 aliphatic carbocycles. The van der Waals surface area contributed by atoms with E-state index in [-0.39, 0.29) is 11.9 Å². The third-order valence-corrected chi connectivity index (χ3v) is 3.35.